The molecule has 22 heavy (non-hydrogen) atoms. The van der Waals surface area contributed by atoms with Gasteiger partial charge in [0.05, 0.1) is 5.69 Å². The van der Waals surface area contributed by atoms with Gasteiger partial charge in [0.15, 0.2) is 5.13 Å². The monoisotopic (exact) mass is 330 g/mol. The lowest BCUT2D eigenvalue weighted by atomic mass is 10.2. The molecule has 0 aliphatic heterocycles. The van der Waals surface area contributed by atoms with E-state index in [4.69, 9.17) is 11.6 Å². The van der Waals surface area contributed by atoms with E-state index in [-0.39, 0.29) is 5.91 Å². The van der Waals surface area contributed by atoms with Crippen LogP contribution in [0.4, 0.5) is 5.13 Å². The van der Waals surface area contributed by atoms with Crippen LogP contribution in [-0.2, 0) is 0 Å². The number of thiazole rings is 1. The number of hydrogen-bond acceptors (Lipinski definition) is 5. The summed E-state index contributed by atoms with van der Waals surface area (Å²) in [6, 6.07) is 9.00. The second-order valence-electron chi connectivity index (χ2n) is 4.46. The minimum atomic E-state index is -0.314. The molecule has 3 rings (SSSR count). The quantitative estimate of drug-likeness (QED) is 0.792. The number of anilines is 1. The Morgan fingerprint density at radius 3 is 2.82 bits per heavy atom. The van der Waals surface area contributed by atoms with E-state index >= 15 is 0 Å². The number of nitrogens with one attached hydrogen (secondary N) is 1. The second kappa shape index (κ2) is 6.21. The van der Waals surface area contributed by atoms with Crippen molar-refractivity contribution in [2.75, 3.05) is 5.32 Å². The molecule has 0 spiro atoms. The molecule has 7 heteroatoms. The summed E-state index contributed by atoms with van der Waals surface area (Å²) in [7, 11) is 0. The molecule has 0 unspecified atom stereocenters. The van der Waals surface area contributed by atoms with Crippen molar-refractivity contribution < 1.29 is 4.79 Å². The third-order valence-electron chi connectivity index (χ3n) is 2.88. The van der Waals surface area contributed by atoms with E-state index in [1.807, 2.05) is 23.6 Å². The van der Waals surface area contributed by atoms with E-state index < -0.39 is 0 Å². The van der Waals surface area contributed by atoms with E-state index in [9.17, 15) is 4.79 Å². The molecule has 0 saturated heterocycles. The van der Waals surface area contributed by atoms with Crippen molar-refractivity contribution in [1.82, 2.24) is 15.0 Å². The van der Waals surface area contributed by atoms with Crippen LogP contribution in [0.3, 0.4) is 0 Å². The predicted octanol–water partition coefficient (Wildman–Crippen LogP) is 3.81. The summed E-state index contributed by atoms with van der Waals surface area (Å²) in [5.74, 6) is 0.231. The summed E-state index contributed by atoms with van der Waals surface area (Å²) >= 11 is 7.48. The Morgan fingerprint density at radius 1 is 1.23 bits per heavy atom. The molecule has 1 N–H and O–H groups in total. The van der Waals surface area contributed by atoms with Gasteiger partial charge in [0.25, 0.3) is 5.91 Å². The number of rotatable bonds is 3. The molecule has 0 aliphatic rings. The van der Waals surface area contributed by atoms with Gasteiger partial charge < -0.3 is 0 Å². The molecule has 2 aromatic heterocycles. The van der Waals surface area contributed by atoms with Gasteiger partial charge in [0, 0.05) is 22.2 Å². The maximum Gasteiger partial charge on any atom is 0.276 e. The van der Waals surface area contributed by atoms with Crippen LogP contribution in [0.25, 0.3) is 11.3 Å². The normalized spacial score (nSPS) is 10.5. The average Bonchev–Trinajstić information content (AvgIpc) is 2.96. The molecule has 5 nitrogen and oxygen atoms in total. The van der Waals surface area contributed by atoms with Gasteiger partial charge in [-0.3, -0.25) is 10.1 Å². The molecule has 1 amide bonds. The van der Waals surface area contributed by atoms with Crippen molar-refractivity contribution in [2.24, 2.45) is 0 Å². The van der Waals surface area contributed by atoms with Gasteiger partial charge in [-0.1, -0.05) is 29.8 Å². The Bertz CT molecular complexity index is 834. The van der Waals surface area contributed by atoms with Crippen LogP contribution in [0.5, 0.6) is 0 Å². The van der Waals surface area contributed by atoms with E-state index in [0.29, 0.717) is 21.7 Å². The average molecular weight is 331 g/mol. The van der Waals surface area contributed by atoms with Crippen LogP contribution in [0, 0.1) is 6.92 Å². The zero-order chi connectivity index (χ0) is 15.5. The first-order valence-corrected chi connectivity index (χ1v) is 7.70. The topological polar surface area (TPSA) is 67.8 Å². The number of carbonyl (C=O) groups excluding carboxylic acids is 1. The smallest absolute Gasteiger partial charge is 0.276 e. The van der Waals surface area contributed by atoms with Gasteiger partial charge in [-0.15, -0.1) is 11.3 Å². The third kappa shape index (κ3) is 3.13. The maximum atomic E-state index is 12.1. The number of nitrogens with zero attached hydrogens (tertiary/aromatic N) is 3. The third-order valence-corrected chi connectivity index (χ3v) is 3.97. The fraction of sp³-hybridized carbons (Fsp3) is 0.0667. The summed E-state index contributed by atoms with van der Waals surface area (Å²) in [6.07, 6.45) is 1.55. The molecule has 0 fully saturated rings. The summed E-state index contributed by atoms with van der Waals surface area (Å²) < 4.78 is 0. The first-order valence-electron chi connectivity index (χ1n) is 6.45. The number of carbonyl (C=O) groups is 1. The minimum absolute atomic E-state index is 0.307. The Labute approximate surface area is 136 Å². The molecule has 3 aromatic rings. The molecular weight excluding hydrogens is 320 g/mol. The molecule has 0 radical (unpaired) electrons. The highest BCUT2D eigenvalue weighted by atomic mass is 35.5. The Balaban J connectivity index is 1.80. The maximum absolute atomic E-state index is 12.1. The standard InChI is InChI=1S/C15H11ClN4OS/c1-9-17-7-6-12(18-9)14(21)20-15-19-13(8-22-15)10-4-2-3-5-11(10)16/h2-8H,1H3,(H,19,20,21). The minimum Gasteiger partial charge on any atom is -0.296 e. The largest absolute Gasteiger partial charge is 0.296 e. The summed E-state index contributed by atoms with van der Waals surface area (Å²) in [4.78, 5) is 24.6. The van der Waals surface area contributed by atoms with Crippen LogP contribution < -0.4 is 5.32 Å². The van der Waals surface area contributed by atoms with Gasteiger partial charge >= 0.3 is 0 Å². The van der Waals surface area contributed by atoms with Crippen LogP contribution >= 0.6 is 22.9 Å². The van der Waals surface area contributed by atoms with E-state index in [0.717, 1.165) is 11.3 Å². The van der Waals surface area contributed by atoms with Gasteiger partial charge in [-0.2, -0.15) is 0 Å². The molecule has 1 aromatic carbocycles. The van der Waals surface area contributed by atoms with Crippen molar-refractivity contribution in [3.8, 4) is 11.3 Å². The molecule has 0 bridgehead atoms. The van der Waals surface area contributed by atoms with Crippen molar-refractivity contribution in [1.29, 1.82) is 0 Å². The number of benzene rings is 1. The van der Waals surface area contributed by atoms with Crippen molar-refractivity contribution >= 4 is 34.0 Å². The summed E-state index contributed by atoms with van der Waals surface area (Å²) in [6.45, 7) is 1.73. The predicted molar refractivity (Wildman–Crippen MR) is 87.3 cm³/mol. The summed E-state index contributed by atoms with van der Waals surface area (Å²) in [5.41, 5.74) is 1.87. The molecule has 2 heterocycles. The molecule has 110 valence electrons. The van der Waals surface area contributed by atoms with E-state index in [1.165, 1.54) is 11.3 Å². The van der Waals surface area contributed by atoms with Gasteiger partial charge in [0.2, 0.25) is 0 Å². The lowest BCUT2D eigenvalue weighted by Crippen LogP contribution is -2.14. The first-order chi connectivity index (χ1) is 10.6. The zero-order valence-electron chi connectivity index (χ0n) is 11.6. The highest BCUT2D eigenvalue weighted by Gasteiger charge is 2.12. The van der Waals surface area contributed by atoms with Gasteiger partial charge in [-0.25, -0.2) is 15.0 Å². The lowest BCUT2D eigenvalue weighted by Gasteiger charge is -2.01. The zero-order valence-corrected chi connectivity index (χ0v) is 13.1. The number of aromatic nitrogens is 3. The lowest BCUT2D eigenvalue weighted by molar-refractivity contribution is 0.102. The van der Waals surface area contributed by atoms with Gasteiger partial charge in [0.1, 0.15) is 11.5 Å². The van der Waals surface area contributed by atoms with E-state index in [2.05, 4.69) is 20.3 Å². The number of halogens is 1. The first kappa shape index (κ1) is 14.6. The fourth-order valence-corrected chi connectivity index (χ4v) is 2.81. The van der Waals surface area contributed by atoms with Gasteiger partial charge in [-0.05, 0) is 19.1 Å². The van der Waals surface area contributed by atoms with Crippen molar-refractivity contribution in [3.63, 3.8) is 0 Å². The Morgan fingerprint density at radius 2 is 2.05 bits per heavy atom. The fourth-order valence-electron chi connectivity index (χ4n) is 1.87. The van der Waals surface area contributed by atoms with Crippen LogP contribution in [0.2, 0.25) is 5.02 Å². The highest BCUT2D eigenvalue weighted by Crippen LogP contribution is 2.30. The van der Waals surface area contributed by atoms with Crippen LogP contribution in [-0.4, -0.2) is 20.9 Å². The molecule has 0 saturated carbocycles. The number of amides is 1. The van der Waals surface area contributed by atoms with E-state index in [1.54, 1.807) is 25.3 Å². The highest BCUT2D eigenvalue weighted by molar-refractivity contribution is 7.14. The molecule has 0 atom stereocenters. The van der Waals surface area contributed by atoms with Crippen molar-refractivity contribution in [2.45, 2.75) is 6.92 Å². The number of hydrogen-bond donors (Lipinski definition) is 1. The molecule has 0 aliphatic carbocycles. The Kier molecular flexibility index (Phi) is 4.13. The second-order valence-corrected chi connectivity index (χ2v) is 5.73. The summed E-state index contributed by atoms with van der Waals surface area (Å²) in [5, 5.41) is 5.70. The van der Waals surface area contributed by atoms with Crippen LogP contribution in [0.15, 0.2) is 41.9 Å². The van der Waals surface area contributed by atoms with Crippen LogP contribution in [0.1, 0.15) is 16.3 Å². The van der Waals surface area contributed by atoms with Crippen molar-refractivity contribution in [3.05, 3.63) is 58.4 Å². The SMILES string of the molecule is Cc1nccc(C(=O)Nc2nc(-c3ccccc3Cl)cs2)n1. The Hall–Kier alpha value is -2.31. The number of aryl methyl sites for hydroxylation is 1. The molecular formula is C15H11ClN4OS.